The quantitative estimate of drug-likeness (QED) is 0.926. The molecule has 0 spiro atoms. The molecule has 2 fully saturated rings. The Balaban J connectivity index is 0.00000133. The molecule has 2 heterocycles. The fraction of sp³-hybridized carbons (Fsp3) is 0.786. The minimum Gasteiger partial charge on any atom is -0.316 e. The highest BCUT2D eigenvalue weighted by molar-refractivity contribution is 7.11. The highest BCUT2D eigenvalue weighted by Crippen LogP contribution is 2.38. The predicted molar refractivity (Wildman–Crippen MR) is 83.3 cm³/mol. The second-order valence-corrected chi connectivity index (χ2v) is 6.80. The summed E-state index contributed by atoms with van der Waals surface area (Å²) < 4.78 is 0. The van der Waals surface area contributed by atoms with E-state index in [1.165, 1.54) is 55.1 Å². The third-order valence-corrected chi connectivity index (χ3v) is 5.46. The van der Waals surface area contributed by atoms with Crippen LogP contribution in [0.25, 0.3) is 0 Å². The van der Waals surface area contributed by atoms with Gasteiger partial charge in [0.1, 0.15) is 0 Å². The largest absolute Gasteiger partial charge is 0.316 e. The normalized spacial score (nSPS) is 24.8. The van der Waals surface area contributed by atoms with Crippen LogP contribution in [-0.4, -0.2) is 36.1 Å². The van der Waals surface area contributed by atoms with Gasteiger partial charge in [-0.25, -0.2) is 4.98 Å². The molecule has 1 aliphatic heterocycles. The molecule has 1 atom stereocenters. The lowest BCUT2D eigenvalue weighted by atomic mass is 9.86. The maximum Gasteiger partial charge on any atom is 0.0959 e. The van der Waals surface area contributed by atoms with Crippen LogP contribution >= 0.6 is 23.7 Å². The van der Waals surface area contributed by atoms with Gasteiger partial charge in [-0.05, 0) is 39.3 Å². The third-order valence-electron chi connectivity index (χ3n) is 4.32. The molecule has 1 unspecified atom stereocenters. The molecule has 108 valence electrons. The summed E-state index contributed by atoms with van der Waals surface area (Å²) in [6.45, 7) is 3.53. The topological polar surface area (TPSA) is 28.2 Å². The Bertz CT molecular complexity index is 392. The summed E-state index contributed by atoms with van der Waals surface area (Å²) in [4.78, 5) is 8.64. The monoisotopic (exact) mass is 301 g/mol. The summed E-state index contributed by atoms with van der Waals surface area (Å²) in [5, 5.41) is 4.79. The van der Waals surface area contributed by atoms with E-state index >= 15 is 0 Å². The number of likely N-dealkylation sites (N-methyl/N-ethyl adjacent to an activating group) is 1. The smallest absolute Gasteiger partial charge is 0.0959 e. The van der Waals surface area contributed by atoms with Crippen molar-refractivity contribution in [1.29, 1.82) is 0 Å². The Morgan fingerprint density at radius 2 is 2.21 bits per heavy atom. The van der Waals surface area contributed by atoms with E-state index in [2.05, 4.69) is 28.4 Å². The number of hydrogen-bond donors (Lipinski definition) is 1. The first-order chi connectivity index (χ1) is 8.85. The van der Waals surface area contributed by atoms with E-state index in [0.717, 1.165) is 12.5 Å². The molecule has 2 aliphatic rings. The molecule has 19 heavy (non-hydrogen) atoms. The zero-order valence-corrected chi connectivity index (χ0v) is 13.2. The van der Waals surface area contributed by atoms with Crippen molar-refractivity contribution in [3.63, 3.8) is 0 Å². The molecule has 5 heteroatoms. The van der Waals surface area contributed by atoms with Crippen LogP contribution in [0, 0.1) is 0 Å². The molecule has 0 radical (unpaired) electrons. The van der Waals surface area contributed by atoms with E-state index < -0.39 is 0 Å². The van der Waals surface area contributed by atoms with Crippen molar-refractivity contribution in [1.82, 2.24) is 15.2 Å². The molecule has 3 rings (SSSR count). The Morgan fingerprint density at radius 1 is 1.37 bits per heavy atom. The summed E-state index contributed by atoms with van der Waals surface area (Å²) >= 11 is 1.95. The maximum absolute atomic E-state index is 4.62. The van der Waals surface area contributed by atoms with Crippen molar-refractivity contribution in [3.8, 4) is 0 Å². The highest BCUT2D eigenvalue weighted by atomic mass is 35.5. The standard InChI is InChI=1S/C14H23N3S.ClH/c1-15-12-6-3-7-17(9-12)10-13-8-16-14(18-13)11-4-2-5-11;/h8,11-12,15H,2-7,9-10H2,1H3;1H. The van der Waals surface area contributed by atoms with Crippen LogP contribution in [0.3, 0.4) is 0 Å². The van der Waals surface area contributed by atoms with Crippen LogP contribution in [-0.2, 0) is 6.54 Å². The van der Waals surface area contributed by atoms with Gasteiger partial charge >= 0.3 is 0 Å². The highest BCUT2D eigenvalue weighted by Gasteiger charge is 2.23. The van der Waals surface area contributed by atoms with Crippen LogP contribution in [0.15, 0.2) is 6.20 Å². The fourth-order valence-corrected chi connectivity index (χ4v) is 4.02. The summed E-state index contributed by atoms with van der Waals surface area (Å²) in [7, 11) is 2.08. The Hall–Kier alpha value is -0.160. The van der Waals surface area contributed by atoms with Gasteiger partial charge in [-0.3, -0.25) is 4.90 Å². The molecule has 0 aromatic carbocycles. The van der Waals surface area contributed by atoms with Crippen molar-refractivity contribution in [2.45, 2.75) is 50.6 Å². The van der Waals surface area contributed by atoms with Crippen molar-refractivity contribution in [2.75, 3.05) is 20.1 Å². The van der Waals surface area contributed by atoms with E-state index in [-0.39, 0.29) is 12.4 Å². The summed E-state index contributed by atoms with van der Waals surface area (Å²) in [6.07, 6.45) is 8.87. The van der Waals surface area contributed by atoms with Gasteiger partial charge in [-0.15, -0.1) is 23.7 Å². The van der Waals surface area contributed by atoms with E-state index in [9.17, 15) is 0 Å². The van der Waals surface area contributed by atoms with E-state index in [1.54, 1.807) is 0 Å². The van der Waals surface area contributed by atoms with Gasteiger partial charge in [0.05, 0.1) is 5.01 Å². The van der Waals surface area contributed by atoms with Gasteiger partial charge in [0.15, 0.2) is 0 Å². The first kappa shape index (κ1) is 15.2. The van der Waals surface area contributed by atoms with Crippen molar-refractivity contribution in [3.05, 3.63) is 16.1 Å². The molecule has 1 saturated heterocycles. The number of halogens is 1. The molecule has 1 N–H and O–H groups in total. The van der Waals surface area contributed by atoms with Gasteiger partial charge < -0.3 is 5.32 Å². The van der Waals surface area contributed by atoms with Gasteiger partial charge in [-0.2, -0.15) is 0 Å². The maximum atomic E-state index is 4.62. The van der Waals surface area contributed by atoms with Crippen molar-refractivity contribution in [2.24, 2.45) is 0 Å². The molecule has 1 aromatic rings. The lowest BCUT2D eigenvalue weighted by molar-refractivity contribution is 0.189. The van der Waals surface area contributed by atoms with Crippen LogP contribution in [0.2, 0.25) is 0 Å². The number of aromatic nitrogens is 1. The van der Waals surface area contributed by atoms with Gasteiger partial charge in [0.2, 0.25) is 0 Å². The average Bonchev–Trinajstić information content (AvgIpc) is 2.75. The molecular weight excluding hydrogens is 278 g/mol. The van der Waals surface area contributed by atoms with E-state index in [4.69, 9.17) is 0 Å². The van der Waals surface area contributed by atoms with Gasteiger partial charge in [0.25, 0.3) is 0 Å². The SMILES string of the molecule is CNC1CCCN(Cc2cnc(C3CCC3)s2)C1.Cl. The van der Waals surface area contributed by atoms with Crippen molar-refractivity contribution < 1.29 is 0 Å². The number of piperidine rings is 1. The minimum atomic E-state index is 0. The lowest BCUT2D eigenvalue weighted by Gasteiger charge is -2.32. The molecule has 1 saturated carbocycles. The van der Waals surface area contributed by atoms with Crippen LogP contribution in [0.5, 0.6) is 0 Å². The molecule has 1 aliphatic carbocycles. The van der Waals surface area contributed by atoms with Gasteiger partial charge in [-0.1, -0.05) is 6.42 Å². The first-order valence-electron chi connectivity index (χ1n) is 7.19. The molecule has 3 nitrogen and oxygen atoms in total. The number of hydrogen-bond acceptors (Lipinski definition) is 4. The van der Waals surface area contributed by atoms with E-state index in [1.807, 2.05) is 11.3 Å². The second kappa shape index (κ2) is 7.02. The molecule has 0 bridgehead atoms. The number of nitrogens with zero attached hydrogens (tertiary/aromatic N) is 2. The van der Waals surface area contributed by atoms with Crippen LogP contribution in [0.4, 0.5) is 0 Å². The fourth-order valence-electron chi connectivity index (χ4n) is 2.89. The third kappa shape index (κ3) is 3.69. The molecule has 1 aromatic heterocycles. The number of rotatable bonds is 4. The Kier molecular flexibility index (Phi) is 5.63. The lowest BCUT2D eigenvalue weighted by Crippen LogP contribution is -2.43. The minimum absolute atomic E-state index is 0. The zero-order valence-electron chi connectivity index (χ0n) is 11.6. The summed E-state index contributed by atoms with van der Waals surface area (Å²) in [5.74, 6) is 0.787. The summed E-state index contributed by atoms with van der Waals surface area (Å²) in [5.41, 5.74) is 0. The molecule has 0 amide bonds. The number of thiazole rings is 1. The first-order valence-corrected chi connectivity index (χ1v) is 8.01. The Morgan fingerprint density at radius 3 is 2.89 bits per heavy atom. The zero-order chi connectivity index (χ0) is 12.4. The van der Waals surface area contributed by atoms with Gasteiger partial charge in [0, 0.05) is 36.1 Å². The predicted octanol–water partition coefficient (Wildman–Crippen LogP) is 3.02. The Labute approximate surface area is 126 Å². The summed E-state index contributed by atoms with van der Waals surface area (Å²) in [6, 6.07) is 0.678. The number of likely N-dealkylation sites (tertiary alicyclic amines) is 1. The van der Waals surface area contributed by atoms with Crippen LogP contribution < -0.4 is 5.32 Å². The van der Waals surface area contributed by atoms with E-state index in [0.29, 0.717) is 6.04 Å². The number of nitrogens with one attached hydrogen (secondary N) is 1. The van der Waals surface area contributed by atoms with Crippen LogP contribution in [0.1, 0.15) is 47.9 Å². The average molecular weight is 302 g/mol. The molecular formula is C14H24ClN3S. The van der Waals surface area contributed by atoms with Crippen molar-refractivity contribution >= 4 is 23.7 Å². The second-order valence-electron chi connectivity index (χ2n) is 5.66.